The van der Waals surface area contributed by atoms with E-state index < -0.39 is 0 Å². The summed E-state index contributed by atoms with van der Waals surface area (Å²) >= 11 is 5.07. The second-order valence-electron chi connectivity index (χ2n) is 6.04. The molecule has 0 atom stereocenters. The van der Waals surface area contributed by atoms with Crippen LogP contribution < -0.4 is 5.73 Å². The molecule has 2 aliphatic rings. The molecule has 2 nitrogen and oxygen atoms in total. The molecule has 0 heterocycles. The van der Waals surface area contributed by atoms with Gasteiger partial charge in [0.05, 0.1) is 4.99 Å². The van der Waals surface area contributed by atoms with Gasteiger partial charge in [0.15, 0.2) is 0 Å². The van der Waals surface area contributed by atoms with E-state index in [2.05, 4.69) is 4.90 Å². The van der Waals surface area contributed by atoms with Crippen molar-refractivity contribution in [3.8, 4) is 0 Å². The largest absolute Gasteiger partial charge is 0.393 e. The molecule has 0 aromatic rings. The van der Waals surface area contributed by atoms with Crippen molar-refractivity contribution in [1.29, 1.82) is 0 Å². The maximum Gasteiger partial charge on any atom is 0.0740 e. The van der Waals surface area contributed by atoms with Crippen LogP contribution in [0.1, 0.15) is 70.6 Å². The fourth-order valence-corrected chi connectivity index (χ4v) is 3.82. The Labute approximate surface area is 117 Å². The van der Waals surface area contributed by atoms with Gasteiger partial charge in [0, 0.05) is 25.0 Å². The lowest BCUT2D eigenvalue weighted by atomic mass is 9.88. The molecule has 2 aliphatic carbocycles. The molecule has 0 saturated heterocycles. The predicted molar refractivity (Wildman–Crippen MR) is 81.9 cm³/mol. The first kappa shape index (κ1) is 14.3. The highest BCUT2D eigenvalue weighted by atomic mass is 32.1. The van der Waals surface area contributed by atoms with Gasteiger partial charge in [0.1, 0.15) is 0 Å². The normalized spacial score (nSPS) is 23.4. The molecule has 18 heavy (non-hydrogen) atoms. The number of nitrogens with two attached hydrogens (primary N) is 1. The molecule has 2 N–H and O–H groups in total. The minimum absolute atomic E-state index is 0.687. The van der Waals surface area contributed by atoms with Crippen LogP contribution in [0.25, 0.3) is 0 Å². The molecule has 104 valence electrons. The second-order valence-corrected chi connectivity index (χ2v) is 6.56. The first-order valence-corrected chi connectivity index (χ1v) is 8.22. The van der Waals surface area contributed by atoms with Crippen LogP contribution in [0, 0.1) is 0 Å². The Morgan fingerprint density at radius 3 is 1.72 bits per heavy atom. The Bertz CT molecular complexity index is 237. The van der Waals surface area contributed by atoms with E-state index in [4.69, 9.17) is 18.0 Å². The summed E-state index contributed by atoms with van der Waals surface area (Å²) in [5, 5.41) is 0. The van der Waals surface area contributed by atoms with Crippen LogP contribution in [0.4, 0.5) is 0 Å². The summed E-state index contributed by atoms with van der Waals surface area (Å²) in [6, 6.07) is 1.63. The van der Waals surface area contributed by atoms with E-state index in [0.29, 0.717) is 4.99 Å². The molecule has 0 aromatic carbocycles. The number of nitrogens with zero attached hydrogens (tertiary/aromatic N) is 1. The molecule has 0 bridgehead atoms. The third kappa shape index (κ3) is 4.20. The van der Waals surface area contributed by atoms with Crippen LogP contribution in [0.2, 0.25) is 0 Å². The molecule has 0 spiro atoms. The van der Waals surface area contributed by atoms with E-state index in [1.165, 1.54) is 64.2 Å². The summed E-state index contributed by atoms with van der Waals surface area (Å²) in [4.78, 5) is 3.46. The number of thiocarbonyl (C=S) groups is 1. The molecule has 2 saturated carbocycles. The Morgan fingerprint density at radius 1 is 0.889 bits per heavy atom. The van der Waals surface area contributed by atoms with Crippen molar-refractivity contribution in [2.75, 3.05) is 6.54 Å². The average Bonchev–Trinajstić information content (AvgIpc) is 2.41. The van der Waals surface area contributed by atoms with Crippen molar-refractivity contribution in [3.63, 3.8) is 0 Å². The Morgan fingerprint density at radius 2 is 1.33 bits per heavy atom. The van der Waals surface area contributed by atoms with E-state index in [0.717, 1.165) is 25.0 Å². The van der Waals surface area contributed by atoms with Crippen LogP contribution in [0.15, 0.2) is 0 Å². The van der Waals surface area contributed by atoms with Crippen LogP contribution in [-0.4, -0.2) is 28.5 Å². The van der Waals surface area contributed by atoms with E-state index >= 15 is 0 Å². The Balaban J connectivity index is 1.93. The predicted octanol–water partition coefficient (Wildman–Crippen LogP) is 3.63. The lowest BCUT2D eigenvalue weighted by Gasteiger charge is -2.41. The maximum atomic E-state index is 5.70. The van der Waals surface area contributed by atoms with Crippen molar-refractivity contribution in [1.82, 2.24) is 4.90 Å². The van der Waals surface area contributed by atoms with E-state index in [9.17, 15) is 0 Å². The topological polar surface area (TPSA) is 29.3 Å². The smallest absolute Gasteiger partial charge is 0.0740 e. The van der Waals surface area contributed by atoms with Crippen molar-refractivity contribution in [3.05, 3.63) is 0 Å². The first-order chi connectivity index (χ1) is 8.77. The highest BCUT2D eigenvalue weighted by molar-refractivity contribution is 7.80. The van der Waals surface area contributed by atoms with Crippen molar-refractivity contribution in [2.45, 2.75) is 82.7 Å². The average molecular weight is 268 g/mol. The third-order valence-electron chi connectivity index (χ3n) is 4.70. The molecule has 0 aromatic heterocycles. The highest BCUT2D eigenvalue weighted by Crippen LogP contribution is 2.30. The van der Waals surface area contributed by atoms with Gasteiger partial charge in [-0.3, -0.25) is 4.90 Å². The molecular formula is C15H28N2S. The maximum absolute atomic E-state index is 5.70. The van der Waals surface area contributed by atoms with Crippen LogP contribution in [-0.2, 0) is 0 Å². The summed E-state index contributed by atoms with van der Waals surface area (Å²) in [5.41, 5.74) is 5.70. The van der Waals surface area contributed by atoms with E-state index in [1.54, 1.807) is 0 Å². The molecule has 0 unspecified atom stereocenters. The zero-order chi connectivity index (χ0) is 12.8. The molecule has 3 heteroatoms. The Hall–Kier alpha value is -0.150. The quantitative estimate of drug-likeness (QED) is 0.772. The molecule has 0 amide bonds. The van der Waals surface area contributed by atoms with Crippen LogP contribution in [0.5, 0.6) is 0 Å². The fourth-order valence-electron chi connectivity index (χ4n) is 3.73. The van der Waals surface area contributed by atoms with Gasteiger partial charge in [-0.1, -0.05) is 50.7 Å². The number of rotatable bonds is 5. The zero-order valence-corrected chi connectivity index (χ0v) is 12.4. The summed E-state index contributed by atoms with van der Waals surface area (Å²) < 4.78 is 0. The standard InChI is InChI=1S/C15H28N2S/c16-15(18)11-12-17(13-7-3-1-4-8-13)14-9-5-2-6-10-14/h13-14H,1-12H2,(H2,16,18). The SMILES string of the molecule is NC(=S)CCN(C1CCCCC1)C1CCCCC1. The fraction of sp³-hybridized carbons (Fsp3) is 0.933. The molecule has 2 rings (SSSR count). The zero-order valence-electron chi connectivity index (χ0n) is 11.6. The van der Waals surface area contributed by atoms with Crippen LogP contribution in [0.3, 0.4) is 0 Å². The highest BCUT2D eigenvalue weighted by Gasteiger charge is 2.28. The van der Waals surface area contributed by atoms with E-state index in [-0.39, 0.29) is 0 Å². The lowest BCUT2D eigenvalue weighted by molar-refractivity contribution is 0.0840. The number of hydrogen-bond acceptors (Lipinski definition) is 2. The van der Waals surface area contributed by atoms with Gasteiger partial charge in [0.2, 0.25) is 0 Å². The summed E-state index contributed by atoms with van der Waals surface area (Å²) in [7, 11) is 0. The molecular weight excluding hydrogens is 240 g/mol. The molecule has 0 radical (unpaired) electrons. The van der Waals surface area contributed by atoms with Gasteiger partial charge in [-0.15, -0.1) is 0 Å². The van der Waals surface area contributed by atoms with Gasteiger partial charge in [-0.25, -0.2) is 0 Å². The van der Waals surface area contributed by atoms with Crippen molar-refractivity contribution in [2.24, 2.45) is 5.73 Å². The van der Waals surface area contributed by atoms with Gasteiger partial charge >= 0.3 is 0 Å². The van der Waals surface area contributed by atoms with Gasteiger partial charge < -0.3 is 5.73 Å². The van der Waals surface area contributed by atoms with Crippen molar-refractivity contribution < 1.29 is 0 Å². The third-order valence-corrected chi connectivity index (χ3v) is 4.91. The van der Waals surface area contributed by atoms with Crippen LogP contribution >= 0.6 is 12.2 Å². The van der Waals surface area contributed by atoms with Crippen molar-refractivity contribution >= 4 is 17.2 Å². The Kier molecular flexibility index (Phi) is 5.90. The van der Waals surface area contributed by atoms with Gasteiger partial charge in [0.25, 0.3) is 0 Å². The molecule has 2 fully saturated rings. The molecule has 0 aliphatic heterocycles. The van der Waals surface area contributed by atoms with Gasteiger partial charge in [-0.05, 0) is 25.7 Å². The lowest BCUT2D eigenvalue weighted by Crippen LogP contribution is -2.46. The summed E-state index contributed by atoms with van der Waals surface area (Å²) in [5.74, 6) is 0. The van der Waals surface area contributed by atoms with Gasteiger partial charge in [-0.2, -0.15) is 0 Å². The summed E-state index contributed by atoms with van der Waals surface area (Å²) in [6.45, 7) is 1.10. The van der Waals surface area contributed by atoms with E-state index in [1.807, 2.05) is 0 Å². The minimum atomic E-state index is 0.687. The number of hydrogen-bond donors (Lipinski definition) is 1. The minimum Gasteiger partial charge on any atom is -0.393 e. The monoisotopic (exact) mass is 268 g/mol. The summed E-state index contributed by atoms with van der Waals surface area (Å²) in [6.07, 6.45) is 15.0. The first-order valence-electron chi connectivity index (χ1n) is 7.81. The second kappa shape index (κ2) is 7.44.